The molecule has 2 aromatic heterocycles. The lowest BCUT2D eigenvalue weighted by Gasteiger charge is -2.10. The minimum atomic E-state index is -4.77. The second kappa shape index (κ2) is 8.71. The van der Waals surface area contributed by atoms with Crippen molar-refractivity contribution in [1.82, 2.24) is 19.7 Å². The largest absolute Gasteiger partial charge is 0.433 e. The lowest BCUT2D eigenvalue weighted by Crippen LogP contribution is -2.18. The summed E-state index contributed by atoms with van der Waals surface area (Å²) in [7, 11) is 0. The van der Waals surface area contributed by atoms with E-state index in [1.54, 1.807) is 0 Å². The van der Waals surface area contributed by atoms with E-state index in [1.165, 1.54) is 24.3 Å². The molecule has 6 nitrogen and oxygen atoms in total. The average molecular weight is 483 g/mol. The number of nitrogens with one attached hydrogen (secondary N) is 1. The highest BCUT2D eigenvalue weighted by molar-refractivity contribution is 6.42. The Hall–Kier alpha value is -2.86. The maximum Gasteiger partial charge on any atom is 0.433 e. The predicted molar refractivity (Wildman–Crippen MR) is 102 cm³/mol. The van der Waals surface area contributed by atoms with E-state index in [9.17, 15) is 26.3 Å². The molecule has 0 aliphatic rings. The molecule has 0 saturated heterocycles. The van der Waals surface area contributed by atoms with Gasteiger partial charge in [-0.3, -0.25) is 4.68 Å². The van der Waals surface area contributed by atoms with Gasteiger partial charge in [0.15, 0.2) is 5.69 Å². The molecule has 3 rings (SSSR count). The first-order chi connectivity index (χ1) is 14.4. The van der Waals surface area contributed by atoms with Gasteiger partial charge in [0.1, 0.15) is 12.2 Å². The quantitative estimate of drug-likeness (QED) is 0.289. The first-order valence-electron chi connectivity index (χ1n) is 8.22. The van der Waals surface area contributed by atoms with Gasteiger partial charge in [0.2, 0.25) is 5.95 Å². The number of nitrogens with zero attached hydrogens (tertiary/aromatic N) is 5. The van der Waals surface area contributed by atoms with Gasteiger partial charge in [0, 0.05) is 11.8 Å². The Bertz CT molecular complexity index is 1110. The molecule has 0 unspecified atom stereocenters. The van der Waals surface area contributed by atoms with E-state index in [-0.39, 0.29) is 27.0 Å². The molecule has 164 valence electrons. The third-order valence-corrected chi connectivity index (χ3v) is 4.33. The van der Waals surface area contributed by atoms with Crippen LogP contribution in [-0.2, 0) is 12.7 Å². The Kier molecular flexibility index (Phi) is 6.41. The highest BCUT2D eigenvalue weighted by Crippen LogP contribution is 2.33. The first-order valence-corrected chi connectivity index (χ1v) is 8.97. The zero-order valence-electron chi connectivity index (χ0n) is 15.0. The first kappa shape index (κ1) is 22.8. The van der Waals surface area contributed by atoms with Gasteiger partial charge in [0.05, 0.1) is 22.0 Å². The second-order valence-electron chi connectivity index (χ2n) is 6.01. The molecule has 1 N–H and O–H groups in total. The van der Waals surface area contributed by atoms with E-state index < -0.39 is 30.5 Å². The van der Waals surface area contributed by atoms with Crippen molar-refractivity contribution >= 4 is 35.4 Å². The Morgan fingerprint density at radius 1 is 1.00 bits per heavy atom. The SMILES string of the molecule is FC(F)(F)Cn1ccc(/C=N\Nc2nc(-c3ccc(Cl)c(Cl)c3)cc(C(F)(F)F)n2)n1. The summed E-state index contributed by atoms with van der Waals surface area (Å²) < 4.78 is 77.4. The van der Waals surface area contributed by atoms with Gasteiger partial charge in [-0.05, 0) is 24.3 Å². The smallest absolute Gasteiger partial charge is 0.263 e. The van der Waals surface area contributed by atoms with Crippen LogP contribution in [0.1, 0.15) is 11.4 Å². The fourth-order valence-electron chi connectivity index (χ4n) is 2.32. The van der Waals surface area contributed by atoms with Crippen molar-refractivity contribution in [1.29, 1.82) is 0 Å². The van der Waals surface area contributed by atoms with Gasteiger partial charge in [-0.1, -0.05) is 29.3 Å². The zero-order valence-corrected chi connectivity index (χ0v) is 16.5. The third kappa shape index (κ3) is 6.31. The van der Waals surface area contributed by atoms with E-state index in [4.69, 9.17) is 23.2 Å². The van der Waals surface area contributed by atoms with Crippen molar-refractivity contribution < 1.29 is 26.3 Å². The van der Waals surface area contributed by atoms with Gasteiger partial charge >= 0.3 is 12.4 Å². The fourth-order valence-corrected chi connectivity index (χ4v) is 2.62. The Balaban J connectivity index is 1.85. The zero-order chi connectivity index (χ0) is 22.8. The van der Waals surface area contributed by atoms with Gasteiger partial charge in [0.25, 0.3) is 0 Å². The number of aromatic nitrogens is 4. The summed E-state index contributed by atoms with van der Waals surface area (Å²) in [6.07, 6.45) is -7.14. The van der Waals surface area contributed by atoms with Crippen molar-refractivity contribution in [3.8, 4) is 11.3 Å². The van der Waals surface area contributed by atoms with Crippen molar-refractivity contribution in [3.63, 3.8) is 0 Å². The highest BCUT2D eigenvalue weighted by Gasteiger charge is 2.34. The molecule has 0 radical (unpaired) electrons. The van der Waals surface area contributed by atoms with Crippen LogP contribution in [0.2, 0.25) is 10.0 Å². The number of halogens is 8. The molecule has 0 fully saturated rings. The molecule has 0 aliphatic carbocycles. The predicted octanol–water partition coefficient (Wildman–Crippen LogP) is 5.67. The molecule has 0 aliphatic heterocycles. The van der Waals surface area contributed by atoms with Crippen LogP contribution in [-0.4, -0.2) is 32.1 Å². The molecule has 31 heavy (non-hydrogen) atoms. The molecule has 0 atom stereocenters. The highest BCUT2D eigenvalue weighted by atomic mass is 35.5. The van der Waals surface area contributed by atoms with Gasteiger partial charge < -0.3 is 0 Å². The summed E-state index contributed by atoms with van der Waals surface area (Å²) in [5, 5.41) is 7.60. The fraction of sp³-hybridized carbons (Fsp3) is 0.176. The van der Waals surface area contributed by atoms with E-state index in [1.807, 2.05) is 0 Å². The number of hydrazone groups is 1. The number of benzene rings is 1. The van der Waals surface area contributed by atoms with E-state index >= 15 is 0 Å². The number of hydrogen-bond donors (Lipinski definition) is 1. The standard InChI is InChI=1S/C17H10Cl2F6N6/c18-11-2-1-9(5-12(11)19)13-6-14(17(23,24)25)28-15(27-13)29-26-7-10-3-4-31(30-10)8-16(20,21)22/h1-7H,8H2,(H,27,28,29)/b26-7-. The maximum absolute atomic E-state index is 13.2. The van der Waals surface area contributed by atoms with Gasteiger partial charge in [-0.15, -0.1) is 0 Å². The van der Waals surface area contributed by atoms with Crippen molar-refractivity contribution in [2.24, 2.45) is 5.10 Å². The molecule has 0 saturated carbocycles. The van der Waals surface area contributed by atoms with Crippen LogP contribution in [0.25, 0.3) is 11.3 Å². The minimum Gasteiger partial charge on any atom is -0.263 e. The lowest BCUT2D eigenvalue weighted by atomic mass is 10.1. The second-order valence-corrected chi connectivity index (χ2v) is 6.83. The molecule has 0 bridgehead atoms. The molecule has 0 spiro atoms. The van der Waals surface area contributed by atoms with Crippen LogP contribution in [0.15, 0.2) is 41.6 Å². The van der Waals surface area contributed by atoms with Crippen LogP contribution in [0.3, 0.4) is 0 Å². The summed E-state index contributed by atoms with van der Waals surface area (Å²) in [5.41, 5.74) is 1.16. The Morgan fingerprint density at radius 2 is 1.74 bits per heavy atom. The molecular weight excluding hydrogens is 473 g/mol. The van der Waals surface area contributed by atoms with Crippen molar-refractivity contribution in [2.45, 2.75) is 18.9 Å². The summed E-state index contributed by atoms with van der Waals surface area (Å²) >= 11 is 11.7. The van der Waals surface area contributed by atoms with E-state index in [2.05, 4.69) is 25.6 Å². The van der Waals surface area contributed by atoms with Crippen molar-refractivity contribution in [2.75, 3.05) is 5.43 Å². The maximum atomic E-state index is 13.2. The normalized spacial score (nSPS) is 12.5. The summed E-state index contributed by atoms with van der Waals surface area (Å²) in [6.45, 7) is -1.29. The van der Waals surface area contributed by atoms with Crippen LogP contribution in [0.4, 0.5) is 32.3 Å². The number of rotatable bonds is 5. The van der Waals surface area contributed by atoms with E-state index in [0.717, 1.165) is 18.5 Å². The summed E-state index contributed by atoms with van der Waals surface area (Å²) in [5.74, 6) is -0.498. The summed E-state index contributed by atoms with van der Waals surface area (Å²) in [4.78, 5) is 7.32. The molecule has 14 heteroatoms. The summed E-state index contributed by atoms with van der Waals surface area (Å²) in [6, 6.07) is 6.14. The van der Waals surface area contributed by atoms with Gasteiger partial charge in [-0.25, -0.2) is 15.4 Å². The molecule has 2 heterocycles. The van der Waals surface area contributed by atoms with Crippen LogP contribution in [0, 0.1) is 0 Å². The number of anilines is 1. The lowest BCUT2D eigenvalue weighted by molar-refractivity contribution is -0.143. The minimum absolute atomic E-state index is 0.0356. The molecule has 3 aromatic rings. The number of hydrogen-bond acceptors (Lipinski definition) is 5. The Labute approximate surface area is 180 Å². The Morgan fingerprint density at radius 3 is 2.39 bits per heavy atom. The van der Waals surface area contributed by atoms with Crippen molar-refractivity contribution in [3.05, 3.63) is 58.0 Å². The molecule has 1 aromatic carbocycles. The topological polar surface area (TPSA) is 68.0 Å². The monoisotopic (exact) mass is 482 g/mol. The van der Waals surface area contributed by atoms with E-state index in [0.29, 0.717) is 4.68 Å². The van der Waals surface area contributed by atoms with Crippen LogP contribution >= 0.6 is 23.2 Å². The molecular formula is C17H10Cl2F6N6. The third-order valence-electron chi connectivity index (χ3n) is 3.60. The van der Waals surface area contributed by atoms with Crippen LogP contribution in [0.5, 0.6) is 0 Å². The molecule has 0 amide bonds. The average Bonchev–Trinajstić information content (AvgIpc) is 3.08. The van der Waals surface area contributed by atoms with Gasteiger partial charge in [-0.2, -0.15) is 36.5 Å². The van der Waals surface area contributed by atoms with Crippen LogP contribution < -0.4 is 5.43 Å². The number of alkyl halides is 6.